The van der Waals surface area contributed by atoms with Gasteiger partial charge in [0, 0.05) is 31.7 Å². The van der Waals surface area contributed by atoms with Gasteiger partial charge in [0.2, 0.25) is 5.95 Å². The summed E-state index contributed by atoms with van der Waals surface area (Å²) in [6, 6.07) is 8.38. The second kappa shape index (κ2) is 9.90. The number of amides is 1. The predicted octanol–water partition coefficient (Wildman–Crippen LogP) is 2.43. The first-order valence-electron chi connectivity index (χ1n) is 12.0. The number of nitrogens with two attached hydrogens (primary N) is 1. The van der Waals surface area contributed by atoms with Crippen molar-refractivity contribution in [2.45, 2.75) is 58.2 Å². The first kappa shape index (κ1) is 23.8. The average Bonchev–Trinajstić information content (AvgIpc) is 3.19. The molecule has 0 aliphatic carbocycles. The van der Waals surface area contributed by atoms with Crippen molar-refractivity contribution in [1.29, 1.82) is 0 Å². The first-order chi connectivity index (χ1) is 16.3. The number of aromatic nitrogens is 2. The summed E-state index contributed by atoms with van der Waals surface area (Å²) < 4.78 is 1.90. The molecule has 3 heterocycles. The number of imidazole rings is 1. The van der Waals surface area contributed by atoms with Crippen molar-refractivity contribution in [3.63, 3.8) is 0 Å². The Hall–Kier alpha value is -3.31. The maximum Gasteiger partial charge on any atom is 0.272 e. The fraction of sp³-hybridized carbons (Fsp3) is 0.500. The number of carbonyl (C=O) groups excluding carboxylic acids is 1. The molecule has 1 atom stereocenters. The number of nitrogens with one attached hydrogen (secondary N) is 2. The van der Waals surface area contributed by atoms with Crippen LogP contribution in [0.25, 0.3) is 0 Å². The van der Waals surface area contributed by atoms with Crippen LogP contribution in [0.5, 0.6) is 0 Å². The molecule has 1 saturated heterocycles. The lowest BCUT2D eigenvalue weighted by Gasteiger charge is -2.31. The number of fused-ring (bicyclic) bond motifs is 1. The molecule has 2 aromatic rings. The average molecular weight is 462 g/mol. The van der Waals surface area contributed by atoms with Gasteiger partial charge in [-0.3, -0.25) is 14.4 Å². The highest BCUT2D eigenvalue weighted by Gasteiger charge is 2.29. The van der Waals surface area contributed by atoms with Crippen LogP contribution < -0.4 is 21.3 Å². The van der Waals surface area contributed by atoms with Crippen LogP contribution in [0.4, 0.5) is 11.8 Å². The summed E-state index contributed by atoms with van der Waals surface area (Å²) in [5, 5.41) is 6.20. The van der Waals surface area contributed by atoms with E-state index in [1.165, 1.54) is 5.56 Å². The van der Waals surface area contributed by atoms with E-state index >= 15 is 0 Å². The largest absolute Gasteiger partial charge is 0.371 e. The number of hydrogen-bond acceptors (Lipinski definition) is 6. The third-order valence-electron chi connectivity index (χ3n) is 6.36. The van der Waals surface area contributed by atoms with Gasteiger partial charge in [0.1, 0.15) is 0 Å². The van der Waals surface area contributed by atoms with Crippen LogP contribution in [-0.2, 0) is 13.0 Å². The van der Waals surface area contributed by atoms with Crippen LogP contribution in [0.2, 0.25) is 0 Å². The molecule has 4 rings (SSSR count). The number of piperidine rings is 1. The normalized spacial score (nSPS) is 18.9. The monoisotopic (exact) mass is 461 g/mol. The molecule has 4 N–H and O–H groups in total. The number of aliphatic imine (C=N–C) groups is 1. The van der Waals surface area contributed by atoms with Crippen molar-refractivity contribution >= 4 is 23.4 Å². The summed E-state index contributed by atoms with van der Waals surface area (Å²) >= 11 is 0. The van der Waals surface area contributed by atoms with Crippen LogP contribution >= 0.6 is 0 Å². The molecule has 1 amide bonds. The van der Waals surface area contributed by atoms with E-state index in [-0.39, 0.29) is 17.5 Å². The van der Waals surface area contributed by atoms with Gasteiger partial charge < -0.3 is 21.3 Å². The Kier molecular flexibility index (Phi) is 6.94. The Balaban J connectivity index is 1.63. The lowest BCUT2D eigenvalue weighted by molar-refractivity contribution is 0.0951. The van der Waals surface area contributed by atoms with Crippen LogP contribution in [-0.4, -0.2) is 59.4 Å². The smallest absolute Gasteiger partial charge is 0.272 e. The van der Waals surface area contributed by atoms with Crippen molar-refractivity contribution in [3.8, 4) is 11.8 Å². The highest BCUT2D eigenvalue weighted by atomic mass is 16.2. The minimum absolute atomic E-state index is 0.0965. The highest BCUT2D eigenvalue weighted by molar-refractivity contribution is 6.07. The fourth-order valence-corrected chi connectivity index (χ4v) is 4.86. The molecule has 1 unspecified atom stereocenters. The molecule has 2 aliphatic heterocycles. The quantitative estimate of drug-likeness (QED) is 0.574. The topological polar surface area (TPSA) is 101 Å². The van der Waals surface area contributed by atoms with Gasteiger partial charge in [0.05, 0.1) is 24.3 Å². The number of hydrogen-bond donors (Lipinski definition) is 3. The first-order valence-corrected chi connectivity index (χ1v) is 12.0. The van der Waals surface area contributed by atoms with Gasteiger partial charge in [-0.05, 0) is 45.6 Å². The van der Waals surface area contributed by atoms with Gasteiger partial charge in [-0.25, -0.2) is 0 Å². The molecule has 8 heteroatoms. The van der Waals surface area contributed by atoms with Gasteiger partial charge in [-0.1, -0.05) is 30.2 Å². The maximum atomic E-state index is 13.5. The fourth-order valence-electron chi connectivity index (χ4n) is 4.86. The molecular weight excluding hydrogens is 426 g/mol. The van der Waals surface area contributed by atoms with Gasteiger partial charge in [-0.2, -0.15) is 4.98 Å². The molecule has 8 nitrogen and oxygen atoms in total. The molecule has 1 fully saturated rings. The van der Waals surface area contributed by atoms with Crippen molar-refractivity contribution < 1.29 is 4.79 Å². The molecule has 2 aliphatic rings. The third-order valence-corrected chi connectivity index (χ3v) is 6.36. The Morgan fingerprint density at radius 2 is 2.12 bits per heavy atom. The molecule has 0 radical (unpaired) electrons. The summed E-state index contributed by atoms with van der Waals surface area (Å²) in [7, 11) is 1.78. The minimum atomic E-state index is -0.205. The van der Waals surface area contributed by atoms with Crippen LogP contribution in [0, 0.1) is 11.8 Å². The summed E-state index contributed by atoms with van der Waals surface area (Å²) in [5.41, 5.74) is 9.75. The number of benzene rings is 1. The van der Waals surface area contributed by atoms with Gasteiger partial charge in [0.15, 0.2) is 11.5 Å². The van der Waals surface area contributed by atoms with E-state index < -0.39 is 0 Å². The Labute approximate surface area is 202 Å². The minimum Gasteiger partial charge on any atom is -0.371 e. The van der Waals surface area contributed by atoms with Crippen molar-refractivity contribution in [2.24, 2.45) is 10.7 Å². The second-order valence-corrected chi connectivity index (χ2v) is 9.61. The van der Waals surface area contributed by atoms with E-state index in [1.54, 1.807) is 14.0 Å². The molecule has 34 heavy (non-hydrogen) atoms. The summed E-state index contributed by atoms with van der Waals surface area (Å²) in [6.45, 7) is 8.34. The zero-order valence-corrected chi connectivity index (χ0v) is 20.6. The zero-order chi connectivity index (χ0) is 24.3. The van der Waals surface area contributed by atoms with Crippen molar-refractivity contribution in [1.82, 2.24) is 14.9 Å². The second-order valence-electron chi connectivity index (χ2n) is 9.61. The van der Waals surface area contributed by atoms with E-state index in [0.29, 0.717) is 31.1 Å². The summed E-state index contributed by atoms with van der Waals surface area (Å²) in [6.07, 6.45) is 2.88. The Bertz CT molecular complexity index is 1150. The number of rotatable bonds is 6. The van der Waals surface area contributed by atoms with Gasteiger partial charge in [-0.15, -0.1) is 5.92 Å². The summed E-state index contributed by atoms with van der Waals surface area (Å²) in [5.74, 6) is 7.11. The Morgan fingerprint density at radius 3 is 2.85 bits per heavy atom. The SMILES string of the molecule is CC#CCn1c(N2CCCC(N)C2)nc(NC)c1C(=O)NCC1=NC(C)(C)Cc2ccccc21. The molecule has 0 spiro atoms. The van der Waals surface area contributed by atoms with Crippen molar-refractivity contribution in [2.75, 3.05) is 36.9 Å². The molecule has 0 bridgehead atoms. The lowest BCUT2D eigenvalue weighted by Crippen LogP contribution is -2.44. The highest BCUT2D eigenvalue weighted by Crippen LogP contribution is 2.28. The maximum absolute atomic E-state index is 13.5. The van der Waals surface area contributed by atoms with E-state index in [1.807, 2.05) is 10.6 Å². The van der Waals surface area contributed by atoms with Crippen LogP contribution in [0.1, 0.15) is 55.2 Å². The zero-order valence-electron chi connectivity index (χ0n) is 20.6. The standard InChI is InChI=1S/C26H35N7O/c1-5-6-14-33-22(23(28-4)30-25(33)32-13-9-11-19(27)17-32)24(34)29-16-21-20-12-8-7-10-18(20)15-26(2,3)31-21/h7-8,10,12,19,28H,9,11,13-17,27H2,1-4H3,(H,29,34). The number of anilines is 2. The van der Waals surface area contributed by atoms with E-state index in [4.69, 9.17) is 15.7 Å². The van der Waals surface area contributed by atoms with Gasteiger partial charge in [0.25, 0.3) is 5.91 Å². The van der Waals surface area contributed by atoms with Gasteiger partial charge >= 0.3 is 0 Å². The van der Waals surface area contributed by atoms with Crippen LogP contribution in [0.15, 0.2) is 29.3 Å². The number of nitrogens with zero attached hydrogens (tertiary/aromatic N) is 4. The van der Waals surface area contributed by atoms with Crippen LogP contribution in [0.3, 0.4) is 0 Å². The molecular formula is C26H35N7O. The Morgan fingerprint density at radius 1 is 1.32 bits per heavy atom. The third kappa shape index (κ3) is 4.95. The molecule has 1 aromatic carbocycles. The van der Waals surface area contributed by atoms with Crippen molar-refractivity contribution in [3.05, 3.63) is 41.1 Å². The predicted molar refractivity (Wildman–Crippen MR) is 138 cm³/mol. The number of carbonyl (C=O) groups is 1. The van der Waals surface area contributed by atoms with E-state index in [0.717, 1.165) is 43.0 Å². The summed E-state index contributed by atoms with van der Waals surface area (Å²) in [4.78, 5) is 25.4. The molecule has 0 saturated carbocycles. The molecule has 1 aromatic heterocycles. The molecule has 180 valence electrons. The van der Waals surface area contributed by atoms with E-state index in [2.05, 4.69) is 59.4 Å². The lowest BCUT2D eigenvalue weighted by atomic mass is 9.87. The van der Waals surface area contributed by atoms with E-state index in [9.17, 15) is 4.79 Å².